The monoisotopic (exact) mass is 260 g/mol. The van der Waals surface area contributed by atoms with Gasteiger partial charge >= 0.3 is 5.97 Å². The van der Waals surface area contributed by atoms with Gasteiger partial charge in [-0.15, -0.1) is 0 Å². The predicted molar refractivity (Wildman–Crippen MR) is 77.2 cm³/mol. The third-order valence-electron chi connectivity index (χ3n) is 4.52. The van der Waals surface area contributed by atoms with Gasteiger partial charge in [-0.3, -0.25) is 4.79 Å². The molecule has 1 aromatic carbocycles. The van der Waals surface area contributed by atoms with E-state index in [1.54, 1.807) is 0 Å². The first kappa shape index (κ1) is 14.1. The van der Waals surface area contributed by atoms with Crippen LogP contribution in [0.25, 0.3) is 0 Å². The van der Waals surface area contributed by atoms with Crippen molar-refractivity contribution in [3.63, 3.8) is 0 Å². The lowest BCUT2D eigenvalue weighted by Crippen LogP contribution is -2.22. The van der Waals surface area contributed by atoms with Gasteiger partial charge in [-0.1, -0.05) is 56.5 Å². The number of rotatable bonds is 4. The van der Waals surface area contributed by atoms with Gasteiger partial charge in [0.15, 0.2) is 0 Å². The quantitative estimate of drug-likeness (QED) is 0.811. The Morgan fingerprint density at radius 1 is 1.21 bits per heavy atom. The molecule has 104 valence electrons. The smallest absolute Gasteiger partial charge is 0.303 e. The summed E-state index contributed by atoms with van der Waals surface area (Å²) in [5.41, 5.74) is 1.40. The predicted octanol–water partition coefficient (Wildman–Crippen LogP) is 4.46. The van der Waals surface area contributed by atoms with E-state index in [1.807, 2.05) is 0 Å². The molecule has 0 radical (unpaired) electrons. The van der Waals surface area contributed by atoms with Gasteiger partial charge in [-0.25, -0.2) is 0 Å². The molecule has 1 N–H and O–H groups in total. The number of hydrogen-bond donors (Lipinski definition) is 1. The van der Waals surface area contributed by atoms with E-state index in [-0.39, 0.29) is 5.92 Å². The molecule has 0 aliphatic heterocycles. The number of aliphatic carboxylic acids is 1. The zero-order valence-electron chi connectivity index (χ0n) is 11.7. The van der Waals surface area contributed by atoms with Crippen molar-refractivity contribution < 1.29 is 9.90 Å². The average Bonchev–Trinajstić information content (AvgIpc) is 2.64. The van der Waals surface area contributed by atoms with E-state index in [0.29, 0.717) is 18.3 Å². The fraction of sp³-hybridized carbons (Fsp3) is 0.588. The lowest BCUT2D eigenvalue weighted by atomic mass is 9.74. The maximum absolute atomic E-state index is 11.0. The standard InChI is InChI=1S/C17H24O2/c1-13(12-17(18)19)15-10-6-3-7-11-16(15)14-8-4-2-5-9-14/h2,4-5,8-9,13,15-16H,3,6-7,10-12H2,1H3,(H,18,19). The van der Waals surface area contributed by atoms with Gasteiger partial charge in [-0.2, -0.15) is 0 Å². The highest BCUT2D eigenvalue weighted by Crippen LogP contribution is 2.41. The molecule has 1 aliphatic carbocycles. The molecule has 0 heterocycles. The van der Waals surface area contributed by atoms with Crippen LogP contribution in [0.5, 0.6) is 0 Å². The van der Waals surface area contributed by atoms with Crippen LogP contribution >= 0.6 is 0 Å². The second-order valence-electron chi connectivity index (χ2n) is 5.89. The first-order chi connectivity index (χ1) is 9.18. The highest BCUT2D eigenvalue weighted by molar-refractivity contribution is 5.67. The Kier molecular flexibility index (Phi) is 5.00. The Morgan fingerprint density at radius 3 is 2.58 bits per heavy atom. The van der Waals surface area contributed by atoms with Crippen molar-refractivity contribution in [3.8, 4) is 0 Å². The molecule has 3 unspecified atom stereocenters. The molecule has 0 spiro atoms. The molecular weight excluding hydrogens is 236 g/mol. The van der Waals surface area contributed by atoms with E-state index in [2.05, 4.69) is 37.3 Å². The number of carboxylic acids is 1. The van der Waals surface area contributed by atoms with Crippen molar-refractivity contribution in [2.45, 2.75) is 51.4 Å². The summed E-state index contributed by atoms with van der Waals surface area (Å²) in [4.78, 5) is 11.0. The van der Waals surface area contributed by atoms with E-state index in [9.17, 15) is 4.79 Å². The van der Waals surface area contributed by atoms with Crippen LogP contribution in [0, 0.1) is 11.8 Å². The van der Waals surface area contributed by atoms with Crippen LogP contribution in [0.1, 0.15) is 56.9 Å². The number of benzene rings is 1. The molecule has 1 fully saturated rings. The fourth-order valence-electron chi connectivity index (χ4n) is 3.56. The van der Waals surface area contributed by atoms with Crippen LogP contribution in [-0.4, -0.2) is 11.1 Å². The van der Waals surface area contributed by atoms with Gasteiger partial charge in [0.25, 0.3) is 0 Å². The van der Waals surface area contributed by atoms with E-state index in [0.717, 1.165) is 0 Å². The Bertz CT molecular complexity index is 399. The molecule has 1 aliphatic rings. The molecule has 19 heavy (non-hydrogen) atoms. The van der Waals surface area contributed by atoms with Gasteiger partial charge < -0.3 is 5.11 Å². The minimum Gasteiger partial charge on any atom is -0.481 e. The fourth-order valence-corrected chi connectivity index (χ4v) is 3.56. The molecule has 2 nitrogen and oxygen atoms in total. The summed E-state index contributed by atoms with van der Waals surface area (Å²) in [6.45, 7) is 2.11. The molecular formula is C17H24O2. The summed E-state index contributed by atoms with van der Waals surface area (Å²) in [6.07, 6.45) is 6.49. The van der Waals surface area contributed by atoms with Crippen LogP contribution in [0.15, 0.2) is 30.3 Å². The van der Waals surface area contributed by atoms with Crippen molar-refractivity contribution in [1.29, 1.82) is 0 Å². The maximum atomic E-state index is 11.0. The Balaban J connectivity index is 2.18. The first-order valence-electron chi connectivity index (χ1n) is 7.45. The zero-order chi connectivity index (χ0) is 13.7. The Morgan fingerprint density at radius 2 is 1.89 bits per heavy atom. The lowest BCUT2D eigenvalue weighted by Gasteiger charge is -2.30. The van der Waals surface area contributed by atoms with Crippen molar-refractivity contribution >= 4 is 5.97 Å². The molecule has 0 amide bonds. The maximum Gasteiger partial charge on any atom is 0.303 e. The SMILES string of the molecule is CC(CC(=O)O)C1CCCCCC1c1ccccc1. The molecule has 2 heteroatoms. The average molecular weight is 260 g/mol. The van der Waals surface area contributed by atoms with E-state index in [1.165, 1.54) is 37.7 Å². The van der Waals surface area contributed by atoms with E-state index in [4.69, 9.17) is 5.11 Å². The minimum absolute atomic E-state index is 0.265. The molecule has 0 bridgehead atoms. The molecule has 0 saturated heterocycles. The van der Waals surface area contributed by atoms with E-state index < -0.39 is 5.97 Å². The minimum atomic E-state index is -0.663. The number of carbonyl (C=O) groups is 1. The summed E-state index contributed by atoms with van der Waals surface area (Å²) in [5, 5.41) is 9.04. The third kappa shape index (κ3) is 3.82. The van der Waals surface area contributed by atoms with Crippen molar-refractivity contribution in [3.05, 3.63) is 35.9 Å². The van der Waals surface area contributed by atoms with Crippen LogP contribution < -0.4 is 0 Å². The second kappa shape index (κ2) is 6.74. The molecule has 1 saturated carbocycles. The zero-order valence-corrected chi connectivity index (χ0v) is 11.7. The van der Waals surface area contributed by atoms with Crippen LogP contribution in [0.4, 0.5) is 0 Å². The summed E-state index contributed by atoms with van der Waals surface area (Å²) < 4.78 is 0. The summed E-state index contributed by atoms with van der Waals surface area (Å²) in [6, 6.07) is 10.7. The molecule has 1 aromatic rings. The summed E-state index contributed by atoms with van der Waals surface area (Å²) in [5.74, 6) is 0.656. The highest BCUT2D eigenvalue weighted by Gasteiger charge is 2.30. The first-order valence-corrected chi connectivity index (χ1v) is 7.45. The van der Waals surface area contributed by atoms with Crippen LogP contribution in [0.3, 0.4) is 0 Å². The summed E-state index contributed by atoms with van der Waals surface area (Å²) >= 11 is 0. The van der Waals surface area contributed by atoms with Gasteiger partial charge in [0.2, 0.25) is 0 Å². The Labute approximate surface area is 115 Å². The van der Waals surface area contributed by atoms with Gasteiger partial charge in [0.1, 0.15) is 0 Å². The Hall–Kier alpha value is -1.31. The van der Waals surface area contributed by atoms with Crippen molar-refractivity contribution in [2.24, 2.45) is 11.8 Å². The van der Waals surface area contributed by atoms with Crippen molar-refractivity contribution in [1.82, 2.24) is 0 Å². The lowest BCUT2D eigenvalue weighted by molar-refractivity contribution is -0.138. The molecule has 2 rings (SSSR count). The third-order valence-corrected chi connectivity index (χ3v) is 4.52. The number of hydrogen-bond acceptors (Lipinski definition) is 1. The normalized spacial score (nSPS) is 25.5. The van der Waals surface area contributed by atoms with Gasteiger partial charge in [0, 0.05) is 6.42 Å². The van der Waals surface area contributed by atoms with Crippen molar-refractivity contribution in [2.75, 3.05) is 0 Å². The van der Waals surface area contributed by atoms with Gasteiger partial charge in [0.05, 0.1) is 0 Å². The number of carboxylic acid groups (broad SMARTS) is 1. The largest absolute Gasteiger partial charge is 0.481 e. The summed E-state index contributed by atoms with van der Waals surface area (Å²) in [7, 11) is 0. The van der Waals surface area contributed by atoms with Crippen LogP contribution in [-0.2, 0) is 4.79 Å². The second-order valence-corrected chi connectivity index (χ2v) is 5.89. The topological polar surface area (TPSA) is 37.3 Å². The van der Waals surface area contributed by atoms with E-state index >= 15 is 0 Å². The van der Waals surface area contributed by atoms with Crippen LogP contribution in [0.2, 0.25) is 0 Å². The van der Waals surface area contributed by atoms with Gasteiger partial charge in [-0.05, 0) is 36.2 Å². The molecule has 3 atom stereocenters. The highest BCUT2D eigenvalue weighted by atomic mass is 16.4. The molecule has 0 aromatic heterocycles.